The van der Waals surface area contributed by atoms with E-state index >= 15 is 0 Å². The van der Waals surface area contributed by atoms with E-state index in [0.29, 0.717) is 24.7 Å². The quantitative estimate of drug-likeness (QED) is 0.851. The van der Waals surface area contributed by atoms with Crippen LogP contribution in [0.4, 0.5) is 0 Å². The van der Waals surface area contributed by atoms with Crippen molar-refractivity contribution in [2.45, 2.75) is 19.6 Å². The molecule has 0 aliphatic rings. The Kier molecular flexibility index (Phi) is 6.30. The van der Waals surface area contributed by atoms with Gasteiger partial charge in [-0.05, 0) is 23.3 Å². The van der Waals surface area contributed by atoms with E-state index in [9.17, 15) is 0 Å². The predicted octanol–water partition coefficient (Wildman–Crippen LogP) is 3.79. The van der Waals surface area contributed by atoms with Crippen molar-refractivity contribution in [3.05, 3.63) is 70.2 Å². The molecule has 2 aromatic rings. The molecule has 0 aromatic heterocycles. The first-order valence-corrected chi connectivity index (χ1v) is 7.18. The van der Waals surface area contributed by atoms with Crippen LogP contribution in [0.5, 0.6) is 0 Å². The van der Waals surface area contributed by atoms with E-state index in [1.807, 2.05) is 48.5 Å². The third-order valence-electron chi connectivity index (χ3n) is 2.95. The molecule has 0 unspecified atom stereocenters. The van der Waals surface area contributed by atoms with Gasteiger partial charge in [0.25, 0.3) is 0 Å². The molecule has 3 heteroatoms. The van der Waals surface area contributed by atoms with Crippen LogP contribution in [-0.4, -0.2) is 11.7 Å². The molecule has 0 amide bonds. The van der Waals surface area contributed by atoms with E-state index < -0.39 is 0 Å². The molecule has 0 saturated heterocycles. The molecule has 0 saturated carbocycles. The molecule has 0 bridgehead atoms. The Hall–Kier alpha value is -1.79. The van der Waals surface area contributed by atoms with Gasteiger partial charge in [0.15, 0.2) is 0 Å². The SMILES string of the molecule is OCCC#Cc1ccccc1COCc1ccccc1Cl. The molecule has 0 fully saturated rings. The van der Waals surface area contributed by atoms with Crippen LogP contribution < -0.4 is 0 Å². The summed E-state index contributed by atoms with van der Waals surface area (Å²) in [6.07, 6.45) is 0.481. The highest BCUT2D eigenvalue weighted by atomic mass is 35.5. The number of benzene rings is 2. The van der Waals surface area contributed by atoms with Crippen LogP contribution in [0.15, 0.2) is 48.5 Å². The van der Waals surface area contributed by atoms with Crippen LogP contribution in [-0.2, 0) is 18.0 Å². The van der Waals surface area contributed by atoms with Gasteiger partial charge in [0.1, 0.15) is 0 Å². The van der Waals surface area contributed by atoms with E-state index in [1.54, 1.807) is 0 Å². The number of aliphatic hydroxyl groups is 1. The van der Waals surface area contributed by atoms with Crippen LogP contribution in [0.25, 0.3) is 0 Å². The van der Waals surface area contributed by atoms with Gasteiger partial charge in [-0.2, -0.15) is 0 Å². The third-order valence-corrected chi connectivity index (χ3v) is 3.32. The minimum Gasteiger partial charge on any atom is -0.395 e. The summed E-state index contributed by atoms with van der Waals surface area (Å²) in [5, 5.41) is 9.48. The summed E-state index contributed by atoms with van der Waals surface area (Å²) >= 11 is 6.10. The highest BCUT2D eigenvalue weighted by molar-refractivity contribution is 6.31. The third kappa shape index (κ3) is 4.91. The fraction of sp³-hybridized carbons (Fsp3) is 0.222. The second-order valence-corrected chi connectivity index (χ2v) is 4.92. The van der Waals surface area contributed by atoms with Crippen molar-refractivity contribution in [1.82, 2.24) is 0 Å². The van der Waals surface area contributed by atoms with Gasteiger partial charge in [0, 0.05) is 17.0 Å². The van der Waals surface area contributed by atoms with E-state index in [2.05, 4.69) is 11.8 Å². The molecular formula is C18H17ClO2. The highest BCUT2D eigenvalue weighted by Crippen LogP contribution is 2.17. The Balaban J connectivity index is 1.98. The lowest BCUT2D eigenvalue weighted by Crippen LogP contribution is -1.97. The van der Waals surface area contributed by atoms with Crippen LogP contribution in [0, 0.1) is 11.8 Å². The minimum absolute atomic E-state index is 0.0815. The zero-order valence-corrected chi connectivity index (χ0v) is 12.4. The van der Waals surface area contributed by atoms with E-state index in [-0.39, 0.29) is 6.61 Å². The topological polar surface area (TPSA) is 29.5 Å². The van der Waals surface area contributed by atoms with Gasteiger partial charge in [0.05, 0.1) is 19.8 Å². The maximum Gasteiger partial charge on any atom is 0.0735 e. The molecule has 0 aliphatic carbocycles. The standard InChI is InChI=1S/C18H17ClO2/c19-18-11-4-3-10-17(18)14-21-13-16-9-2-1-7-15(16)8-5-6-12-20/h1-4,7,9-11,20H,6,12-14H2. The number of aliphatic hydroxyl groups excluding tert-OH is 1. The van der Waals surface area contributed by atoms with Gasteiger partial charge in [-0.3, -0.25) is 0 Å². The van der Waals surface area contributed by atoms with Crippen LogP contribution in [0.1, 0.15) is 23.1 Å². The molecule has 2 nitrogen and oxygen atoms in total. The first-order chi connectivity index (χ1) is 10.3. The zero-order chi connectivity index (χ0) is 14.9. The molecule has 21 heavy (non-hydrogen) atoms. The predicted molar refractivity (Wildman–Crippen MR) is 85.0 cm³/mol. The summed E-state index contributed by atoms with van der Waals surface area (Å²) in [5.41, 5.74) is 2.95. The van der Waals surface area contributed by atoms with Crippen molar-refractivity contribution in [2.75, 3.05) is 6.61 Å². The summed E-state index contributed by atoms with van der Waals surface area (Å²) in [6, 6.07) is 15.5. The Bertz CT molecular complexity index is 641. The summed E-state index contributed by atoms with van der Waals surface area (Å²) < 4.78 is 5.73. The molecule has 108 valence electrons. The van der Waals surface area contributed by atoms with Gasteiger partial charge < -0.3 is 9.84 Å². The molecule has 0 heterocycles. The van der Waals surface area contributed by atoms with Gasteiger partial charge in [-0.25, -0.2) is 0 Å². The number of hydrogen-bond donors (Lipinski definition) is 1. The molecule has 0 radical (unpaired) electrons. The average Bonchev–Trinajstić information content (AvgIpc) is 2.51. The normalized spacial score (nSPS) is 10.0. The van der Waals surface area contributed by atoms with Crippen LogP contribution >= 0.6 is 11.6 Å². The van der Waals surface area contributed by atoms with Crippen molar-refractivity contribution in [3.8, 4) is 11.8 Å². The lowest BCUT2D eigenvalue weighted by atomic mass is 10.1. The molecule has 0 aliphatic heterocycles. The largest absolute Gasteiger partial charge is 0.395 e. The smallest absolute Gasteiger partial charge is 0.0735 e. The number of hydrogen-bond acceptors (Lipinski definition) is 2. The fourth-order valence-electron chi connectivity index (χ4n) is 1.87. The average molecular weight is 301 g/mol. The maximum atomic E-state index is 8.77. The lowest BCUT2D eigenvalue weighted by molar-refractivity contribution is 0.107. The van der Waals surface area contributed by atoms with Crippen molar-refractivity contribution in [1.29, 1.82) is 0 Å². The highest BCUT2D eigenvalue weighted by Gasteiger charge is 2.02. The van der Waals surface area contributed by atoms with Crippen molar-refractivity contribution < 1.29 is 9.84 Å². The Labute approximate surface area is 130 Å². The second kappa shape index (κ2) is 8.49. The molecule has 0 atom stereocenters. The molecule has 2 aromatic carbocycles. The Morgan fingerprint density at radius 2 is 1.62 bits per heavy atom. The molecule has 0 spiro atoms. The van der Waals surface area contributed by atoms with Crippen LogP contribution in [0.2, 0.25) is 5.02 Å². The van der Waals surface area contributed by atoms with E-state index in [0.717, 1.165) is 16.7 Å². The van der Waals surface area contributed by atoms with Gasteiger partial charge in [-0.15, -0.1) is 0 Å². The van der Waals surface area contributed by atoms with Gasteiger partial charge in [0.2, 0.25) is 0 Å². The van der Waals surface area contributed by atoms with E-state index in [4.69, 9.17) is 21.4 Å². The Morgan fingerprint density at radius 3 is 2.38 bits per heavy atom. The summed E-state index contributed by atoms with van der Waals surface area (Å²) in [4.78, 5) is 0. The molecule has 2 rings (SSSR count). The number of rotatable bonds is 5. The van der Waals surface area contributed by atoms with Crippen molar-refractivity contribution >= 4 is 11.6 Å². The van der Waals surface area contributed by atoms with Crippen molar-refractivity contribution in [3.63, 3.8) is 0 Å². The first kappa shape index (κ1) is 15.6. The monoisotopic (exact) mass is 300 g/mol. The molecule has 1 N–H and O–H groups in total. The summed E-state index contributed by atoms with van der Waals surface area (Å²) in [5.74, 6) is 5.99. The Morgan fingerprint density at radius 1 is 0.952 bits per heavy atom. The summed E-state index contributed by atoms with van der Waals surface area (Å²) in [6.45, 7) is 1.03. The van der Waals surface area contributed by atoms with E-state index in [1.165, 1.54) is 0 Å². The number of halogens is 1. The van der Waals surface area contributed by atoms with Crippen molar-refractivity contribution in [2.24, 2.45) is 0 Å². The zero-order valence-electron chi connectivity index (χ0n) is 11.7. The number of ether oxygens (including phenoxy) is 1. The first-order valence-electron chi connectivity index (χ1n) is 6.80. The van der Waals surface area contributed by atoms with Gasteiger partial charge in [-0.1, -0.05) is 59.8 Å². The lowest BCUT2D eigenvalue weighted by Gasteiger charge is -2.07. The fourth-order valence-corrected chi connectivity index (χ4v) is 2.06. The second-order valence-electron chi connectivity index (χ2n) is 4.52. The maximum absolute atomic E-state index is 8.77. The minimum atomic E-state index is 0.0815. The summed E-state index contributed by atoms with van der Waals surface area (Å²) in [7, 11) is 0. The van der Waals surface area contributed by atoms with Gasteiger partial charge >= 0.3 is 0 Å². The van der Waals surface area contributed by atoms with Crippen LogP contribution in [0.3, 0.4) is 0 Å². The molecular weight excluding hydrogens is 284 g/mol.